The van der Waals surface area contributed by atoms with Gasteiger partial charge in [-0.3, -0.25) is 0 Å². The highest BCUT2D eigenvalue weighted by molar-refractivity contribution is 6.82. The molecule has 0 aromatic rings. The zero-order chi connectivity index (χ0) is 11.2. The highest BCUT2D eigenvalue weighted by atomic mass is 28.4. The summed E-state index contributed by atoms with van der Waals surface area (Å²) in [7, 11) is 3.23. The van der Waals surface area contributed by atoms with Crippen molar-refractivity contribution in [3.05, 3.63) is 0 Å². The van der Waals surface area contributed by atoms with Crippen LogP contribution < -0.4 is 0 Å². The predicted molar refractivity (Wildman–Crippen MR) is 57.2 cm³/mol. The molecule has 7 heteroatoms. The van der Waals surface area contributed by atoms with Crippen molar-refractivity contribution < 1.29 is 22.1 Å². The molecular weight excluding hydrogens is 220 g/mol. The van der Waals surface area contributed by atoms with Crippen molar-refractivity contribution in [3.63, 3.8) is 0 Å². The topological polar surface area (TPSA) is 46.2 Å². The van der Waals surface area contributed by atoms with Crippen molar-refractivity contribution >= 4 is 17.4 Å². The molecule has 14 heavy (non-hydrogen) atoms. The fourth-order valence-electron chi connectivity index (χ4n) is 1.09. The molecule has 0 unspecified atom stereocenters. The smallest absolute Gasteiger partial charge is 0.398 e. The van der Waals surface area contributed by atoms with Gasteiger partial charge in [-0.25, -0.2) is 0 Å². The molecule has 0 aromatic heterocycles. The fraction of sp³-hybridized carbons (Fsp3) is 1.00. The van der Waals surface area contributed by atoms with E-state index in [9.17, 15) is 0 Å². The molecule has 0 heterocycles. The Kier molecular flexibility index (Phi) is 6.06. The van der Waals surface area contributed by atoms with E-state index in [1.54, 1.807) is 35.5 Å². The van der Waals surface area contributed by atoms with Gasteiger partial charge in [-0.1, -0.05) is 0 Å². The second kappa shape index (κ2) is 5.96. The minimum absolute atomic E-state index is 0.580. The van der Waals surface area contributed by atoms with Gasteiger partial charge in [0.25, 0.3) is 0 Å². The molecule has 0 aliphatic carbocycles. The summed E-state index contributed by atoms with van der Waals surface area (Å²) >= 11 is 0. The van der Waals surface area contributed by atoms with Crippen LogP contribution >= 0.6 is 0 Å². The molecule has 0 aliphatic rings. The minimum atomic E-state index is -2.58. The van der Waals surface area contributed by atoms with E-state index in [2.05, 4.69) is 0 Å². The van der Waals surface area contributed by atoms with Gasteiger partial charge < -0.3 is 22.1 Å². The Hall–Kier alpha value is 0.234. The summed E-state index contributed by atoms with van der Waals surface area (Å²) in [6.07, 6.45) is 0. The molecule has 0 amide bonds. The zero-order valence-corrected chi connectivity index (χ0v) is 11.7. The monoisotopic (exact) mass is 240 g/mol. The van der Waals surface area contributed by atoms with Crippen LogP contribution in [0.15, 0.2) is 0 Å². The Balaban J connectivity index is 4.56. The fourth-order valence-corrected chi connectivity index (χ4v) is 7.79. The van der Waals surface area contributed by atoms with Gasteiger partial charge in [0.05, 0.1) is 5.67 Å². The zero-order valence-electron chi connectivity index (χ0n) is 9.75. The quantitative estimate of drug-likeness (QED) is 0.615. The maximum absolute atomic E-state index is 5.36. The van der Waals surface area contributed by atoms with E-state index >= 15 is 0 Å². The lowest BCUT2D eigenvalue weighted by Crippen LogP contribution is -2.53. The molecule has 0 saturated heterocycles. The molecule has 0 rings (SSSR count). The first-order valence-electron chi connectivity index (χ1n) is 4.27. The van der Waals surface area contributed by atoms with Crippen LogP contribution in [-0.4, -0.2) is 52.9 Å². The summed E-state index contributed by atoms with van der Waals surface area (Å²) in [4.78, 5) is 0. The second-order valence-electron chi connectivity index (χ2n) is 3.01. The first kappa shape index (κ1) is 14.2. The highest BCUT2D eigenvalue weighted by Crippen LogP contribution is 2.22. The average Bonchev–Trinajstić information content (AvgIpc) is 2.26. The molecule has 0 aliphatic heterocycles. The lowest BCUT2D eigenvalue weighted by Gasteiger charge is -2.31. The van der Waals surface area contributed by atoms with Gasteiger partial charge in [0.15, 0.2) is 0 Å². The van der Waals surface area contributed by atoms with Crippen molar-refractivity contribution in [1.29, 1.82) is 0 Å². The molecule has 0 bridgehead atoms. The van der Waals surface area contributed by atoms with E-state index in [1.165, 1.54) is 0 Å². The predicted octanol–water partition coefficient (Wildman–Crippen LogP) is 0.768. The summed E-state index contributed by atoms with van der Waals surface area (Å²) in [5, 5.41) is 0. The Morgan fingerprint density at radius 1 is 0.714 bits per heavy atom. The van der Waals surface area contributed by atoms with E-state index in [1.807, 2.05) is 6.55 Å². The largest absolute Gasteiger partial charge is 0.502 e. The van der Waals surface area contributed by atoms with Crippen LogP contribution in [0.2, 0.25) is 12.2 Å². The van der Waals surface area contributed by atoms with Gasteiger partial charge in [0, 0.05) is 35.5 Å². The number of rotatable bonds is 7. The maximum atomic E-state index is 5.36. The molecule has 5 nitrogen and oxygen atoms in total. The first-order chi connectivity index (χ1) is 6.51. The van der Waals surface area contributed by atoms with Crippen LogP contribution in [0, 0.1) is 0 Å². The second-order valence-corrected chi connectivity index (χ2v) is 10.1. The minimum Gasteiger partial charge on any atom is -0.398 e. The lowest BCUT2D eigenvalue weighted by molar-refractivity contribution is 0.123. The van der Waals surface area contributed by atoms with Crippen LogP contribution in [0.4, 0.5) is 0 Å². The van der Waals surface area contributed by atoms with Crippen molar-refractivity contribution in [2.45, 2.75) is 12.2 Å². The third-order valence-corrected chi connectivity index (χ3v) is 10.2. The van der Waals surface area contributed by atoms with E-state index < -0.39 is 17.4 Å². The third kappa shape index (κ3) is 3.42. The van der Waals surface area contributed by atoms with Crippen molar-refractivity contribution in [3.8, 4) is 0 Å². The number of hydrogen-bond donors (Lipinski definition) is 0. The summed E-state index contributed by atoms with van der Waals surface area (Å²) in [6, 6.07) is 0. The first-order valence-corrected chi connectivity index (χ1v) is 8.72. The average molecular weight is 240 g/mol. The Bertz CT molecular complexity index is 150. The van der Waals surface area contributed by atoms with Gasteiger partial charge >= 0.3 is 17.4 Å². The normalized spacial score (nSPS) is 13.3. The molecule has 0 radical (unpaired) electrons. The van der Waals surface area contributed by atoms with E-state index in [0.717, 1.165) is 0 Å². The van der Waals surface area contributed by atoms with Crippen LogP contribution in [0.5, 0.6) is 0 Å². The highest BCUT2D eigenvalue weighted by Gasteiger charge is 2.48. The van der Waals surface area contributed by atoms with Gasteiger partial charge in [-0.05, 0) is 6.55 Å². The number of hydrogen-bond acceptors (Lipinski definition) is 5. The van der Waals surface area contributed by atoms with Crippen LogP contribution in [0.3, 0.4) is 0 Å². The summed E-state index contributed by atoms with van der Waals surface area (Å²) in [5.74, 6) is 0. The SMILES string of the molecule is CO[Si](C)(C[Si](OC)(OC)OC)OC. The maximum Gasteiger partial charge on any atom is 0.502 e. The molecule has 0 atom stereocenters. The van der Waals surface area contributed by atoms with Gasteiger partial charge in [0.1, 0.15) is 0 Å². The van der Waals surface area contributed by atoms with Crippen molar-refractivity contribution in [2.24, 2.45) is 0 Å². The Morgan fingerprint density at radius 2 is 1.07 bits per heavy atom. The lowest BCUT2D eigenvalue weighted by atomic mass is 11.8. The molecule has 0 saturated carbocycles. The van der Waals surface area contributed by atoms with Gasteiger partial charge in [-0.2, -0.15) is 0 Å². The Morgan fingerprint density at radius 3 is 1.29 bits per heavy atom. The molecular formula is C7H20O5Si2. The third-order valence-electron chi connectivity index (χ3n) is 2.33. The molecule has 0 spiro atoms. The molecule has 0 aromatic carbocycles. The van der Waals surface area contributed by atoms with Gasteiger partial charge in [-0.15, -0.1) is 0 Å². The van der Waals surface area contributed by atoms with Crippen LogP contribution in [0.1, 0.15) is 0 Å². The summed E-state index contributed by atoms with van der Waals surface area (Å²) in [5.41, 5.74) is 0.580. The van der Waals surface area contributed by atoms with E-state index in [-0.39, 0.29) is 0 Å². The van der Waals surface area contributed by atoms with Crippen molar-refractivity contribution in [1.82, 2.24) is 0 Å². The van der Waals surface area contributed by atoms with E-state index in [0.29, 0.717) is 5.67 Å². The van der Waals surface area contributed by atoms with Crippen LogP contribution in [-0.2, 0) is 22.1 Å². The van der Waals surface area contributed by atoms with Crippen LogP contribution in [0.25, 0.3) is 0 Å². The Labute approximate surface area is 87.9 Å². The summed E-state index contributed by atoms with van der Waals surface area (Å²) in [6.45, 7) is 1.95. The summed E-state index contributed by atoms with van der Waals surface area (Å²) < 4.78 is 26.6. The van der Waals surface area contributed by atoms with E-state index in [4.69, 9.17) is 22.1 Å². The standard InChI is InChI=1S/C7H20O5Si2/c1-8-13(6,9-2)7-14(10-3,11-4)12-5/h7H2,1-6H3. The molecule has 0 N–H and O–H groups in total. The van der Waals surface area contributed by atoms with Gasteiger partial charge in [0.2, 0.25) is 0 Å². The molecule has 86 valence electrons. The molecule has 0 fully saturated rings. The van der Waals surface area contributed by atoms with Crippen molar-refractivity contribution in [2.75, 3.05) is 35.5 Å².